The number of oxime groups is 1. The number of pyridine rings is 1. The van der Waals surface area contributed by atoms with Gasteiger partial charge in [-0.1, -0.05) is 23.4 Å². The van der Waals surface area contributed by atoms with Crippen LogP contribution < -0.4 is 0 Å². The summed E-state index contributed by atoms with van der Waals surface area (Å²) in [5.74, 6) is -0.148. The Balaban J connectivity index is 1.97. The van der Waals surface area contributed by atoms with E-state index in [2.05, 4.69) is 10.1 Å². The lowest BCUT2D eigenvalue weighted by Gasteiger charge is -2.30. The molecule has 1 aromatic carbocycles. The molecule has 118 valence electrons. The summed E-state index contributed by atoms with van der Waals surface area (Å²) in [6.07, 6.45) is 0.979. The highest BCUT2D eigenvalue weighted by atomic mass is 19.1. The van der Waals surface area contributed by atoms with Crippen LogP contribution in [0.15, 0.2) is 47.8 Å². The van der Waals surface area contributed by atoms with Crippen LogP contribution in [0, 0.1) is 12.7 Å². The molecule has 1 unspecified atom stereocenters. The van der Waals surface area contributed by atoms with E-state index in [1.54, 1.807) is 25.3 Å². The zero-order chi connectivity index (χ0) is 16.4. The molecule has 1 atom stereocenters. The zero-order valence-electron chi connectivity index (χ0n) is 12.9. The number of rotatable bonds is 3. The van der Waals surface area contributed by atoms with Crippen LogP contribution in [0.3, 0.4) is 0 Å². The third-order valence-electron chi connectivity index (χ3n) is 3.64. The van der Waals surface area contributed by atoms with Crippen LogP contribution in [0.2, 0.25) is 0 Å². The van der Waals surface area contributed by atoms with Crippen LogP contribution in [0.25, 0.3) is 0 Å². The van der Waals surface area contributed by atoms with Gasteiger partial charge in [0.15, 0.2) is 0 Å². The first-order chi connectivity index (χ1) is 11.1. The second-order valence-electron chi connectivity index (χ2n) is 5.38. The van der Waals surface area contributed by atoms with E-state index in [9.17, 15) is 9.18 Å². The average molecular weight is 313 g/mol. The highest BCUT2D eigenvalue weighted by Gasteiger charge is 2.33. The Kier molecular flexibility index (Phi) is 4.06. The molecule has 2 aromatic rings. The van der Waals surface area contributed by atoms with Gasteiger partial charge in [-0.2, -0.15) is 0 Å². The monoisotopic (exact) mass is 313 g/mol. The second kappa shape index (κ2) is 6.16. The van der Waals surface area contributed by atoms with Crippen molar-refractivity contribution in [1.82, 2.24) is 9.88 Å². The third-order valence-corrected chi connectivity index (χ3v) is 3.64. The number of hydrogen-bond donors (Lipinski definition) is 0. The van der Waals surface area contributed by atoms with E-state index < -0.39 is 6.10 Å². The fourth-order valence-electron chi connectivity index (χ4n) is 2.36. The number of halogens is 1. The number of aryl methyl sites for hydroxylation is 1. The first kappa shape index (κ1) is 15.1. The second-order valence-corrected chi connectivity index (χ2v) is 5.38. The molecular formula is C17H16FN3O2. The van der Waals surface area contributed by atoms with Gasteiger partial charge in [-0.15, -0.1) is 0 Å². The van der Waals surface area contributed by atoms with Crippen molar-refractivity contribution < 1.29 is 14.0 Å². The minimum absolute atomic E-state index is 0.204. The molecule has 0 N–H and O–H groups in total. The number of carbonyl (C=O) groups excluding carboxylic acids is 1. The predicted molar refractivity (Wildman–Crippen MR) is 83.0 cm³/mol. The van der Waals surface area contributed by atoms with Gasteiger partial charge >= 0.3 is 0 Å². The number of carbonyl (C=O) groups is 1. The Morgan fingerprint density at radius 1 is 1.26 bits per heavy atom. The van der Waals surface area contributed by atoms with E-state index in [1.165, 1.54) is 17.0 Å². The van der Waals surface area contributed by atoms with Crippen LogP contribution in [0.1, 0.15) is 23.7 Å². The van der Waals surface area contributed by atoms with Gasteiger partial charge in [0.25, 0.3) is 5.91 Å². The van der Waals surface area contributed by atoms with E-state index in [1.807, 2.05) is 19.1 Å². The Morgan fingerprint density at radius 2 is 2.00 bits per heavy atom. The van der Waals surface area contributed by atoms with Gasteiger partial charge in [-0.05, 0) is 43.2 Å². The summed E-state index contributed by atoms with van der Waals surface area (Å²) in [5.41, 5.74) is 2.28. The molecule has 0 fully saturated rings. The van der Waals surface area contributed by atoms with E-state index in [4.69, 9.17) is 4.84 Å². The van der Waals surface area contributed by atoms with E-state index in [0.29, 0.717) is 11.5 Å². The lowest BCUT2D eigenvalue weighted by Crippen LogP contribution is -2.46. The lowest BCUT2D eigenvalue weighted by atomic mass is 10.1. The van der Waals surface area contributed by atoms with Gasteiger partial charge in [0.05, 0.1) is 6.54 Å². The molecule has 23 heavy (non-hydrogen) atoms. The summed E-state index contributed by atoms with van der Waals surface area (Å²) >= 11 is 0. The van der Waals surface area contributed by atoms with Crippen LogP contribution in [-0.4, -0.2) is 27.7 Å². The van der Waals surface area contributed by atoms with Crippen molar-refractivity contribution in [2.24, 2.45) is 5.16 Å². The summed E-state index contributed by atoms with van der Waals surface area (Å²) in [6, 6.07) is 9.73. The summed E-state index contributed by atoms with van der Waals surface area (Å²) in [5, 5.41) is 4.07. The molecule has 0 saturated heterocycles. The zero-order valence-corrected chi connectivity index (χ0v) is 12.9. The summed E-state index contributed by atoms with van der Waals surface area (Å²) < 4.78 is 13.1. The molecule has 0 spiro atoms. The number of aromatic nitrogens is 1. The van der Waals surface area contributed by atoms with Crippen LogP contribution in [-0.2, 0) is 16.2 Å². The number of amidine groups is 1. The Morgan fingerprint density at radius 3 is 2.70 bits per heavy atom. The summed E-state index contributed by atoms with van der Waals surface area (Å²) in [6.45, 7) is 3.82. The largest absolute Gasteiger partial charge is 0.381 e. The molecule has 3 rings (SSSR count). The number of hydrogen-bond acceptors (Lipinski definition) is 4. The molecule has 0 radical (unpaired) electrons. The fraction of sp³-hybridized carbons (Fsp3) is 0.235. The third kappa shape index (κ3) is 3.06. The Hall–Kier alpha value is -2.76. The van der Waals surface area contributed by atoms with Gasteiger partial charge in [-0.25, -0.2) is 4.39 Å². The highest BCUT2D eigenvalue weighted by Crippen LogP contribution is 2.19. The minimum Gasteiger partial charge on any atom is -0.381 e. The van der Waals surface area contributed by atoms with Gasteiger partial charge in [0.1, 0.15) is 11.5 Å². The maximum Gasteiger partial charge on any atom is 0.272 e. The molecule has 2 heterocycles. The molecule has 6 heteroatoms. The minimum atomic E-state index is -0.664. The van der Waals surface area contributed by atoms with Crippen molar-refractivity contribution in [2.75, 3.05) is 0 Å². The molecule has 1 amide bonds. The van der Waals surface area contributed by atoms with E-state index in [-0.39, 0.29) is 18.3 Å². The van der Waals surface area contributed by atoms with Gasteiger partial charge in [-0.3, -0.25) is 14.7 Å². The normalized spacial score (nSPS) is 17.7. The predicted octanol–water partition coefficient (Wildman–Crippen LogP) is 2.64. The molecule has 1 aliphatic heterocycles. The molecule has 1 aliphatic rings. The van der Waals surface area contributed by atoms with Crippen molar-refractivity contribution in [2.45, 2.75) is 26.5 Å². The lowest BCUT2D eigenvalue weighted by molar-refractivity contribution is -0.142. The number of nitrogens with zero attached hydrogens (tertiary/aromatic N) is 3. The van der Waals surface area contributed by atoms with Gasteiger partial charge < -0.3 is 4.84 Å². The number of benzene rings is 1. The highest BCUT2D eigenvalue weighted by molar-refractivity contribution is 6.09. The topological polar surface area (TPSA) is 54.8 Å². The molecule has 1 aromatic heterocycles. The van der Waals surface area contributed by atoms with Gasteiger partial charge in [0, 0.05) is 6.20 Å². The Labute approximate surface area is 133 Å². The smallest absolute Gasteiger partial charge is 0.272 e. The van der Waals surface area contributed by atoms with Crippen molar-refractivity contribution in [3.63, 3.8) is 0 Å². The van der Waals surface area contributed by atoms with Crippen molar-refractivity contribution >= 4 is 11.7 Å². The Bertz CT molecular complexity index is 759. The first-order valence-electron chi connectivity index (χ1n) is 7.28. The SMILES string of the molecule is Cc1cccnc1C1=NOC(C)C(=O)N1Cc1ccc(F)cc1. The maximum atomic E-state index is 13.1. The molecule has 0 aliphatic carbocycles. The molecule has 0 bridgehead atoms. The number of amides is 1. The van der Waals surface area contributed by atoms with Crippen molar-refractivity contribution in [1.29, 1.82) is 0 Å². The van der Waals surface area contributed by atoms with Crippen LogP contribution in [0.4, 0.5) is 4.39 Å². The van der Waals surface area contributed by atoms with Crippen LogP contribution >= 0.6 is 0 Å². The van der Waals surface area contributed by atoms with Crippen molar-refractivity contribution in [3.05, 3.63) is 65.2 Å². The quantitative estimate of drug-likeness (QED) is 0.875. The van der Waals surface area contributed by atoms with Crippen molar-refractivity contribution in [3.8, 4) is 0 Å². The first-order valence-corrected chi connectivity index (χ1v) is 7.28. The standard InChI is InChI=1S/C17H16FN3O2/c1-11-4-3-9-19-15(11)16-20-23-12(2)17(22)21(16)10-13-5-7-14(18)8-6-13/h3-9,12H,10H2,1-2H3. The van der Waals surface area contributed by atoms with Gasteiger partial charge in [0.2, 0.25) is 11.9 Å². The molecular weight excluding hydrogens is 297 g/mol. The maximum absolute atomic E-state index is 13.1. The van der Waals surface area contributed by atoms with E-state index in [0.717, 1.165) is 11.1 Å². The fourth-order valence-corrected chi connectivity index (χ4v) is 2.36. The average Bonchev–Trinajstić information content (AvgIpc) is 2.55. The van der Waals surface area contributed by atoms with E-state index >= 15 is 0 Å². The summed E-state index contributed by atoms with van der Waals surface area (Å²) in [7, 11) is 0. The summed E-state index contributed by atoms with van der Waals surface area (Å²) in [4.78, 5) is 23.5. The van der Waals surface area contributed by atoms with Crippen LogP contribution in [0.5, 0.6) is 0 Å². The molecule has 5 nitrogen and oxygen atoms in total. The molecule has 0 saturated carbocycles.